The minimum absolute atomic E-state index is 0.00532. The van der Waals surface area contributed by atoms with Crippen LogP contribution >= 0.6 is 0 Å². The molecule has 1 heterocycles. The van der Waals surface area contributed by atoms with Gasteiger partial charge in [0.05, 0.1) is 18.8 Å². The Morgan fingerprint density at radius 1 is 0.880 bits per heavy atom. The van der Waals surface area contributed by atoms with E-state index in [9.17, 15) is 35.1 Å². The monoisotopic (exact) mass is 704 g/mol. The van der Waals surface area contributed by atoms with Crippen molar-refractivity contribution in [2.45, 2.75) is 169 Å². The van der Waals surface area contributed by atoms with Crippen molar-refractivity contribution in [3.8, 4) is 0 Å². The minimum atomic E-state index is -1.64. The van der Waals surface area contributed by atoms with E-state index in [0.29, 0.717) is 31.6 Å². The summed E-state index contributed by atoms with van der Waals surface area (Å²) in [6.07, 6.45) is 1.84. The Labute approximate surface area is 298 Å². The molecule has 0 aromatic carbocycles. The maximum atomic E-state index is 13.0. The van der Waals surface area contributed by atoms with Gasteiger partial charge in [0, 0.05) is 0 Å². The number of carbonyl (C=O) groups is 2. The number of carbonyl (C=O) groups excluding carboxylic acids is 1. The largest absolute Gasteiger partial charge is 0.481 e. The molecule has 0 radical (unpaired) electrons. The second-order valence-electron chi connectivity index (χ2n) is 19.2. The molecule has 5 N–H and O–H groups in total. The zero-order valence-electron chi connectivity index (χ0n) is 31.6. The topological polar surface area (TPSA) is 163 Å². The average molecular weight is 705 g/mol. The molecule has 0 amide bonds. The Morgan fingerprint density at radius 2 is 1.58 bits per heavy atom. The number of aliphatic hydroxyl groups is 4. The van der Waals surface area contributed by atoms with Gasteiger partial charge in [-0.05, 0) is 109 Å². The number of rotatable bonds is 7. The third kappa shape index (κ3) is 5.47. The van der Waals surface area contributed by atoms with Gasteiger partial charge < -0.3 is 39.7 Å². The number of aliphatic hydroxyl groups excluding tert-OH is 4. The lowest BCUT2D eigenvalue weighted by atomic mass is 9.33. The summed E-state index contributed by atoms with van der Waals surface area (Å²) >= 11 is 0. The first-order chi connectivity index (χ1) is 23.2. The molecule has 0 bridgehead atoms. The quantitative estimate of drug-likeness (QED) is 0.101. The fraction of sp³-hybridized carbons (Fsp3) is 0.900. The summed E-state index contributed by atoms with van der Waals surface area (Å²) in [6, 6.07) is 0. The van der Waals surface area contributed by atoms with Gasteiger partial charge in [-0.1, -0.05) is 73.5 Å². The number of aliphatic carboxylic acids is 1. The van der Waals surface area contributed by atoms with Crippen LogP contribution in [0.1, 0.15) is 126 Å². The standard InChI is InChI=1S/C40H64O10/c1-9-10-19-48-32(45)31-29(43)28(42)30(44)33(50-31)49-27-14-15-37(6)24(36(27,4)5)13-16-38(7)25(37)12-11-22-23-20-35(2,3)17-18-40(23,34(46)47)26(41)21-39(22,38)8/h11,23-31,33,41-44H,9-10,12-21H2,1-8H3,(H,46,47)/t23-,24-,25+,26+,27-,28-,29-,30+,31-,33+,37-,38+,39+,40+/m0/s1. The third-order valence-corrected chi connectivity index (χ3v) is 15.9. The summed E-state index contributed by atoms with van der Waals surface area (Å²) in [7, 11) is 0. The second-order valence-corrected chi connectivity index (χ2v) is 19.2. The summed E-state index contributed by atoms with van der Waals surface area (Å²) in [5.74, 6) is -1.28. The van der Waals surface area contributed by atoms with Crippen LogP contribution in [0.25, 0.3) is 0 Å². The molecule has 6 rings (SSSR count). The predicted octanol–water partition coefficient (Wildman–Crippen LogP) is 5.38. The molecule has 50 heavy (non-hydrogen) atoms. The average Bonchev–Trinajstić information content (AvgIpc) is 3.02. The van der Waals surface area contributed by atoms with Gasteiger partial charge in [0.15, 0.2) is 12.4 Å². The molecule has 10 nitrogen and oxygen atoms in total. The van der Waals surface area contributed by atoms with E-state index in [4.69, 9.17) is 14.2 Å². The lowest BCUT2D eigenvalue weighted by Crippen LogP contribution is -2.68. The molecule has 6 aliphatic rings. The lowest BCUT2D eigenvalue weighted by Gasteiger charge is -2.71. The SMILES string of the molecule is CCCCOC(=O)[C@H]1O[C@@H](O[C@H]2CC[C@]3(C)[C@H]4CC=C5[C@@H]6CC(C)(C)CC[C@]6(C(=O)O)[C@H](O)C[C@@]5(C)[C@]4(C)CC[C@H]3C2(C)C)[C@H](O)[C@@H](O)[C@@H]1O. The van der Waals surface area contributed by atoms with Crippen LogP contribution in [0.4, 0.5) is 0 Å². The van der Waals surface area contributed by atoms with Crippen molar-refractivity contribution in [3.63, 3.8) is 0 Å². The number of carboxylic acids is 1. The van der Waals surface area contributed by atoms with Gasteiger partial charge in [-0.2, -0.15) is 0 Å². The van der Waals surface area contributed by atoms with Crippen molar-refractivity contribution in [3.05, 3.63) is 11.6 Å². The van der Waals surface area contributed by atoms with Gasteiger partial charge in [0.25, 0.3) is 0 Å². The van der Waals surface area contributed by atoms with E-state index in [2.05, 4.69) is 54.5 Å². The second kappa shape index (κ2) is 12.8. The molecule has 14 atom stereocenters. The van der Waals surface area contributed by atoms with Crippen LogP contribution in [-0.2, 0) is 23.8 Å². The molecule has 0 spiro atoms. The molecule has 1 saturated heterocycles. The molecule has 5 aliphatic carbocycles. The van der Waals surface area contributed by atoms with Crippen LogP contribution in [0.3, 0.4) is 0 Å². The molecule has 0 aromatic rings. The number of allylic oxidation sites excluding steroid dienone is 2. The fourth-order valence-corrected chi connectivity index (χ4v) is 12.7. The first-order valence-corrected chi connectivity index (χ1v) is 19.3. The summed E-state index contributed by atoms with van der Waals surface area (Å²) < 4.78 is 17.7. The molecular weight excluding hydrogens is 640 g/mol. The van der Waals surface area contributed by atoms with Gasteiger partial charge in [-0.25, -0.2) is 4.79 Å². The Hall–Kier alpha value is -1.56. The zero-order chi connectivity index (χ0) is 36.8. The lowest BCUT2D eigenvalue weighted by molar-refractivity contribution is -0.324. The van der Waals surface area contributed by atoms with Crippen LogP contribution < -0.4 is 0 Å². The van der Waals surface area contributed by atoms with Crippen LogP contribution in [-0.4, -0.2) is 87.0 Å². The van der Waals surface area contributed by atoms with Crippen molar-refractivity contribution in [1.29, 1.82) is 0 Å². The van der Waals surface area contributed by atoms with Crippen LogP contribution in [0.2, 0.25) is 0 Å². The number of unbranched alkanes of at least 4 members (excludes halogenated alkanes) is 1. The summed E-state index contributed by atoms with van der Waals surface area (Å²) in [4.78, 5) is 25.8. The van der Waals surface area contributed by atoms with E-state index in [1.807, 2.05) is 6.92 Å². The number of hydrogen-bond acceptors (Lipinski definition) is 9. The van der Waals surface area contributed by atoms with E-state index >= 15 is 0 Å². The summed E-state index contributed by atoms with van der Waals surface area (Å²) in [6.45, 7) is 18.2. The van der Waals surface area contributed by atoms with E-state index < -0.39 is 54.2 Å². The highest BCUT2D eigenvalue weighted by Crippen LogP contribution is 2.76. The zero-order valence-corrected chi connectivity index (χ0v) is 31.6. The molecule has 10 heteroatoms. The van der Waals surface area contributed by atoms with Crippen molar-refractivity contribution in [2.75, 3.05) is 6.61 Å². The Balaban J connectivity index is 1.26. The van der Waals surface area contributed by atoms with Crippen LogP contribution in [0.5, 0.6) is 0 Å². The van der Waals surface area contributed by atoms with Gasteiger partial charge in [0.2, 0.25) is 0 Å². The normalized spacial score (nSPS) is 49.3. The summed E-state index contributed by atoms with van der Waals surface area (Å²) in [5, 5.41) is 54.9. The first-order valence-electron chi connectivity index (χ1n) is 19.3. The highest BCUT2D eigenvalue weighted by atomic mass is 16.7. The number of hydrogen-bond donors (Lipinski definition) is 5. The van der Waals surface area contributed by atoms with E-state index in [1.165, 1.54) is 5.57 Å². The number of fused-ring (bicyclic) bond motifs is 7. The first kappa shape index (κ1) is 38.2. The Kier molecular flexibility index (Phi) is 9.76. The molecule has 284 valence electrons. The van der Waals surface area contributed by atoms with Crippen molar-refractivity contribution < 1.29 is 49.3 Å². The van der Waals surface area contributed by atoms with Gasteiger partial charge in [-0.3, -0.25) is 4.79 Å². The maximum Gasteiger partial charge on any atom is 0.338 e. The van der Waals surface area contributed by atoms with Crippen LogP contribution in [0, 0.1) is 50.2 Å². The number of carboxylic acid groups (broad SMARTS) is 1. The smallest absolute Gasteiger partial charge is 0.338 e. The predicted molar refractivity (Wildman–Crippen MR) is 185 cm³/mol. The molecule has 4 saturated carbocycles. The Bertz CT molecular complexity index is 1360. The highest BCUT2D eigenvalue weighted by molar-refractivity contribution is 5.78. The maximum absolute atomic E-state index is 13.0. The van der Waals surface area contributed by atoms with Gasteiger partial charge in [0.1, 0.15) is 23.7 Å². The third-order valence-electron chi connectivity index (χ3n) is 15.9. The molecule has 0 unspecified atom stereocenters. The van der Waals surface area contributed by atoms with Crippen molar-refractivity contribution >= 4 is 11.9 Å². The van der Waals surface area contributed by atoms with Crippen molar-refractivity contribution in [2.24, 2.45) is 50.2 Å². The van der Waals surface area contributed by atoms with Gasteiger partial charge in [-0.15, -0.1) is 0 Å². The van der Waals surface area contributed by atoms with E-state index in [-0.39, 0.29) is 51.6 Å². The minimum Gasteiger partial charge on any atom is -0.481 e. The molecule has 0 aromatic heterocycles. The molecule has 5 fully saturated rings. The van der Waals surface area contributed by atoms with Crippen molar-refractivity contribution in [1.82, 2.24) is 0 Å². The molecular formula is C40H64O10. The molecule has 1 aliphatic heterocycles. The van der Waals surface area contributed by atoms with Gasteiger partial charge >= 0.3 is 11.9 Å². The fourth-order valence-electron chi connectivity index (χ4n) is 12.7. The number of esters is 1. The van der Waals surface area contributed by atoms with Crippen LogP contribution in [0.15, 0.2) is 11.6 Å². The highest BCUT2D eigenvalue weighted by Gasteiger charge is 2.71. The summed E-state index contributed by atoms with van der Waals surface area (Å²) in [5.41, 5.74) is -0.787. The van der Waals surface area contributed by atoms with E-state index in [0.717, 1.165) is 44.9 Å². The Morgan fingerprint density at radius 3 is 2.24 bits per heavy atom. The number of ether oxygens (including phenoxy) is 3. The van der Waals surface area contributed by atoms with E-state index in [1.54, 1.807) is 0 Å².